The zero-order valence-corrected chi connectivity index (χ0v) is 14.7. The molecule has 3 N–H and O–H groups in total. The molecular formula is C19H21N7. The van der Waals surface area contributed by atoms with E-state index in [2.05, 4.69) is 38.1 Å². The van der Waals surface area contributed by atoms with Gasteiger partial charge in [-0.1, -0.05) is 25.1 Å². The lowest BCUT2D eigenvalue weighted by Gasteiger charge is -2.39. The second-order valence-corrected chi connectivity index (χ2v) is 7.16. The predicted octanol–water partition coefficient (Wildman–Crippen LogP) is 2.46. The molecule has 0 unspecified atom stereocenters. The SMILES string of the molecule is CC1(CN)CCN(c2cnc3c(-c4ccccc4C#N)[nH]nc3n2)CC1. The molecule has 1 saturated heterocycles. The van der Waals surface area contributed by atoms with Crippen LogP contribution >= 0.6 is 0 Å². The topological polar surface area (TPSA) is 108 Å². The van der Waals surface area contributed by atoms with E-state index in [-0.39, 0.29) is 5.41 Å². The number of aromatic nitrogens is 4. The van der Waals surface area contributed by atoms with E-state index in [9.17, 15) is 5.26 Å². The highest BCUT2D eigenvalue weighted by atomic mass is 15.2. The van der Waals surface area contributed by atoms with Crippen LogP contribution < -0.4 is 10.6 Å². The quantitative estimate of drug-likeness (QED) is 0.753. The van der Waals surface area contributed by atoms with Gasteiger partial charge < -0.3 is 10.6 Å². The van der Waals surface area contributed by atoms with E-state index in [4.69, 9.17) is 5.73 Å². The van der Waals surface area contributed by atoms with Gasteiger partial charge in [0.05, 0.1) is 23.5 Å². The van der Waals surface area contributed by atoms with Crippen molar-refractivity contribution in [1.82, 2.24) is 20.2 Å². The van der Waals surface area contributed by atoms with Crippen molar-refractivity contribution < 1.29 is 0 Å². The molecule has 0 amide bonds. The van der Waals surface area contributed by atoms with E-state index in [0.29, 0.717) is 23.3 Å². The highest BCUT2D eigenvalue weighted by Gasteiger charge is 2.29. The minimum Gasteiger partial charge on any atom is -0.355 e. The van der Waals surface area contributed by atoms with Crippen LogP contribution in [-0.4, -0.2) is 39.8 Å². The van der Waals surface area contributed by atoms with Crippen LogP contribution in [0.1, 0.15) is 25.3 Å². The summed E-state index contributed by atoms with van der Waals surface area (Å²) >= 11 is 0. The van der Waals surface area contributed by atoms with Crippen molar-refractivity contribution in [2.45, 2.75) is 19.8 Å². The maximum absolute atomic E-state index is 9.33. The summed E-state index contributed by atoms with van der Waals surface area (Å²) in [6.07, 6.45) is 3.89. The molecule has 0 saturated carbocycles. The van der Waals surface area contributed by atoms with Crippen molar-refractivity contribution in [2.75, 3.05) is 24.5 Å². The average molecular weight is 347 g/mol. The number of nitriles is 1. The van der Waals surface area contributed by atoms with Gasteiger partial charge in [-0.05, 0) is 30.9 Å². The Labute approximate surface area is 151 Å². The third kappa shape index (κ3) is 2.78. The first-order valence-electron chi connectivity index (χ1n) is 8.79. The first-order valence-corrected chi connectivity index (χ1v) is 8.79. The largest absolute Gasteiger partial charge is 0.355 e. The van der Waals surface area contributed by atoms with Crippen LogP contribution in [-0.2, 0) is 0 Å². The zero-order valence-electron chi connectivity index (χ0n) is 14.7. The normalized spacial score (nSPS) is 16.6. The van der Waals surface area contributed by atoms with Gasteiger partial charge in [0, 0.05) is 18.7 Å². The van der Waals surface area contributed by atoms with Crippen molar-refractivity contribution in [2.24, 2.45) is 11.1 Å². The van der Waals surface area contributed by atoms with Gasteiger partial charge in [0.25, 0.3) is 0 Å². The van der Waals surface area contributed by atoms with Gasteiger partial charge in [0.15, 0.2) is 0 Å². The van der Waals surface area contributed by atoms with Gasteiger partial charge >= 0.3 is 0 Å². The van der Waals surface area contributed by atoms with Crippen LogP contribution in [0.25, 0.3) is 22.4 Å². The average Bonchev–Trinajstić information content (AvgIpc) is 3.11. The molecule has 7 nitrogen and oxygen atoms in total. The molecule has 0 spiro atoms. The van der Waals surface area contributed by atoms with Crippen LogP contribution in [0.15, 0.2) is 30.5 Å². The molecule has 0 atom stereocenters. The smallest absolute Gasteiger partial charge is 0.202 e. The molecule has 1 aliphatic rings. The number of hydrogen-bond donors (Lipinski definition) is 2. The van der Waals surface area contributed by atoms with Gasteiger partial charge in [-0.25, -0.2) is 9.97 Å². The molecule has 26 heavy (non-hydrogen) atoms. The maximum Gasteiger partial charge on any atom is 0.202 e. The Morgan fingerprint density at radius 3 is 2.81 bits per heavy atom. The minimum absolute atomic E-state index is 0.217. The number of nitrogens with zero attached hydrogens (tertiary/aromatic N) is 5. The fourth-order valence-electron chi connectivity index (χ4n) is 3.40. The van der Waals surface area contributed by atoms with E-state index in [1.165, 1.54) is 0 Å². The highest BCUT2D eigenvalue weighted by Crippen LogP contribution is 2.32. The summed E-state index contributed by atoms with van der Waals surface area (Å²) in [5.74, 6) is 0.836. The Morgan fingerprint density at radius 2 is 2.08 bits per heavy atom. The highest BCUT2D eigenvalue weighted by molar-refractivity contribution is 5.89. The summed E-state index contributed by atoms with van der Waals surface area (Å²) < 4.78 is 0. The summed E-state index contributed by atoms with van der Waals surface area (Å²) in [4.78, 5) is 11.5. The number of nitrogens with one attached hydrogen (secondary N) is 1. The van der Waals surface area contributed by atoms with E-state index >= 15 is 0 Å². The number of benzene rings is 1. The summed E-state index contributed by atoms with van der Waals surface area (Å²) in [5.41, 5.74) is 9.46. The van der Waals surface area contributed by atoms with Crippen LogP contribution in [0.3, 0.4) is 0 Å². The first-order chi connectivity index (χ1) is 12.6. The van der Waals surface area contributed by atoms with Gasteiger partial charge in [0.2, 0.25) is 5.65 Å². The number of piperidine rings is 1. The minimum atomic E-state index is 0.217. The molecule has 0 radical (unpaired) electrons. The summed E-state index contributed by atoms with van der Waals surface area (Å²) in [7, 11) is 0. The fourth-order valence-corrected chi connectivity index (χ4v) is 3.40. The molecule has 0 bridgehead atoms. The Balaban J connectivity index is 1.66. The maximum atomic E-state index is 9.33. The fraction of sp³-hybridized carbons (Fsp3) is 0.368. The first kappa shape index (κ1) is 16.5. The van der Waals surface area contributed by atoms with Crippen LogP contribution in [0.4, 0.5) is 5.82 Å². The van der Waals surface area contributed by atoms with E-state index in [0.717, 1.165) is 43.0 Å². The lowest BCUT2D eigenvalue weighted by atomic mass is 9.80. The van der Waals surface area contributed by atoms with Gasteiger partial charge in [-0.2, -0.15) is 10.4 Å². The molecular weight excluding hydrogens is 326 g/mol. The molecule has 4 rings (SSSR count). The monoisotopic (exact) mass is 347 g/mol. The molecule has 1 aromatic carbocycles. The number of fused-ring (bicyclic) bond motifs is 1. The van der Waals surface area contributed by atoms with Crippen molar-refractivity contribution in [1.29, 1.82) is 5.26 Å². The van der Waals surface area contributed by atoms with Crippen LogP contribution in [0.2, 0.25) is 0 Å². The zero-order chi connectivity index (χ0) is 18.1. The lowest BCUT2D eigenvalue weighted by Crippen LogP contribution is -2.42. The van der Waals surface area contributed by atoms with Crippen molar-refractivity contribution in [3.05, 3.63) is 36.0 Å². The molecule has 3 aromatic rings. The number of H-pyrrole nitrogens is 1. The summed E-state index contributed by atoms with van der Waals surface area (Å²) in [6.45, 7) is 4.79. The standard InChI is InChI=1S/C19H21N7/c1-19(12-21)6-8-26(9-7-19)15-11-22-17-16(24-25-18(17)23-15)14-5-3-2-4-13(14)10-20/h2-5,11H,6-9,12,21H2,1H3,(H,23,24,25). The second kappa shape index (κ2) is 6.39. The van der Waals surface area contributed by atoms with Crippen LogP contribution in [0, 0.1) is 16.7 Å². The summed E-state index contributed by atoms with van der Waals surface area (Å²) in [6, 6.07) is 9.62. The third-order valence-corrected chi connectivity index (χ3v) is 5.36. The third-order valence-electron chi connectivity index (χ3n) is 5.36. The summed E-state index contributed by atoms with van der Waals surface area (Å²) in [5, 5.41) is 16.6. The number of aromatic amines is 1. The van der Waals surface area contributed by atoms with Gasteiger partial charge in [-0.15, -0.1) is 0 Å². The van der Waals surface area contributed by atoms with Gasteiger partial charge in [0.1, 0.15) is 11.3 Å². The second-order valence-electron chi connectivity index (χ2n) is 7.16. The molecule has 3 heterocycles. The number of rotatable bonds is 3. The Kier molecular flexibility index (Phi) is 4.05. The van der Waals surface area contributed by atoms with Crippen LogP contribution in [0.5, 0.6) is 0 Å². The van der Waals surface area contributed by atoms with Crippen molar-refractivity contribution in [3.8, 4) is 17.3 Å². The molecule has 132 valence electrons. The molecule has 1 fully saturated rings. The van der Waals surface area contributed by atoms with E-state index < -0.39 is 0 Å². The number of hydrogen-bond acceptors (Lipinski definition) is 6. The number of anilines is 1. The molecule has 1 aliphatic heterocycles. The van der Waals surface area contributed by atoms with E-state index in [1.807, 2.05) is 18.2 Å². The Hall–Kier alpha value is -2.98. The predicted molar refractivity (Wildman–Crippen MR) is 100 cm³/mol. The lowest BCUT2D eigenvalue weighted by molar-refractivity contribution is 0.258. The van der Waals surface area contributed by atoms with Crippen molar-refractivity contribution in [3.63, 3.8) is 0 Å². The Morgan fingerprint density at radius 1 is 1.31 bits per heavy atom. The Bertz CT molecular complexity index is 977. The molecule has 0 aliphatic carbocycles. The number of nitrogens with two attached hydrogens (primary N) is 1. The molecule has 2 aromatic heterocycles. The molecule has 7 heteroatoms. The van der Waals surface area contributed by atoms with Crippen molar-refractivity contribution >= 4 is 17.0 Å². The van der Waals surface area contributed by atoms with E-state index in [1.54, 1.807) is 12.3 Å². The van der Waals surface area contributed by atoms with Gasteiger partial charge in [-0.3, -0.25) is 5.10 Å².